The highest BCUT2D eigenvalue weighted by Crippen LogP contribution is 2.33. The number of carboxylic acids is 1. The van der Waals surface area contributed by atoms with E-state index in [2.05, 4.69) is 5.32 Å². The van der Waals surface area contributed by atoms with Gasteiger partial charge < -0.3 is 10.4 Å². The highest BCUT2D eigenvalue weighted by atomic mass is 19.4. The van der Waals surface area contributed by atoms with Crippen LogP contribution in [0.3, 0.4) is 0 Å². The Hall–Kier alpha value is -2.05. The van der Waals surface area contributed by atoms with Crippen LogP contribution in [0.5, 0.6) is 0 Å². The minimum Gasteiger partial charge on any atom is -0.481 e. The molecule has 2 N–H and O–H groups in total. The standard InChI is InChI=1S/C14H14F3NO3/c15-14(16,17)10-2-1-3-11(7-10)18-12(19)8-4-5-9(6-8)13(20)21/h1-3,7-9H,4-6H2,(H,18,19)(H,20,21)/t8-,9+/m0/s1. The monoisotopic (exact) mass is 301 g/mol. The summed E-state index contributed by atoms with van der Waals surface area (Å²) in [6.07, 6.45) is -3.40. The van der Waals surface area contributed by atoms with Gasteiger partial charge in [0.1, 0.15) is 0 Å². The van der Waals surface area contributed by atoms with Crippen LogP contribution in [0.15, 0.2) is 24.3 Å². The molecule has 2 atom stereocenters. The predicted octanol–water partition coefficient (Wildman–Crippen LogP) is 3.14. The fourth-order valence-corrected chi connectivity index (χ4v) is 2.46. The first-order chi connectivity index (χ1) is 9.77. The summed E-state index contributed by atoms with van der Waals surface area (Å²) in [6.45, 7) is 0. The molecular weight excluding hydrogens is 287 g/mol. The molecule has 0 radical (unpaired) electrons. The maximum Gasteiger partial charge on any atom is 0.416 e. The van der Waals surface area contributed by atoms with Gasteiger partial charge in [0.05, 0.1) is 11.5 Å². The van der Waals surface area contributed by atoms with E-state index in [1.807, 2.05) is 0 Å². The van der Waals surface area contributed by atoms with Crippen LogP contribution in [-0.2, 0) is 15.8 Å². The molecule has 21 heavy (non-hydrogen) atoms. The molecule has 7 heteroatoms. The summed E-state index contributed by atoms with van der Waals surface area (Å²) in [5.74, 6) is -2.40. The second-order valence-corrected chi connectivity index (χ2v) is 5.11. The number of carbonyl (C=O) groups excluding carboxylic acids is 1. The number of halogens is 3. The molecule has 0 unspecified atom stereocenters. The first-order valence-electron chi connectivity index (χ1n) is 6.48. The SMILES string of the molecule is O=C(O)[C@@H]1CC[C@H](C(=O)Nc2cccc(C(F)(F)F)c2)C1. The van der Waals surface area contributed by atoms with Crippen LogP contribution < -0.4 is 5.32 Å². The van der Waals surface area contributed by atoms with E-state index in [-0.39, 0.29) is 12.1 Å². The fraction of sp³-hybridized carbons (Fsp3) is 0.429. The Kier molecular flexibility index (Phi) is 4.20. The number of rotatable bonds is 3. The van der Waals surface area contributed by atoms with Crippen molar-refractivity contribution in [2.45, 2.75) is 25.4 Å². The van der Waals surface area contributed by atoms with Gasteiger partial charge in [-0.05, 0) is 37.5 Å². The largest absolute Gasteiger partial charge is 0.481 e. The highest BCUT2D eigenvalue weighted by Gasteiger charge is 2.34. The van der Waals surface area contributed by atoms with Crippen LogP contribution in [0.1, 0.15) is 24.8 Å². The Balaban J connectivity index is 2.02. The molecular formula is C14H14F3NO3. The number of alkyl halides is 3. The van der Waals surface area contributed by atoms with Crippen LogP contribution in [0, 0.1) is 11.8 Å². The van der Waals surface area contributed by atoms with E-state index in [1.165, 1.54) is 12.1 Å². The van der Waals surface area contributed by atoms with Crippen LogP contribution in [-0.4, -0.2) is 17.0 Å². The maximum absolute atomic E-state index is 12.6. The summed E-state index contributed by atoms with van der Waals surface area (Å²) in [6, 6.07) is 4.37. The van der Waals surface area contributed by atoms with E-state index in [1.54, 1.807) is 0 Å². The Labute approximate surface area is 119 Å². The van der Waals surface area contributed by atoms with Gasteiger partial charge in [0.25, 0.3) is 0 Å². The van der Waals surface area contributed by atoms with Crippen molar-refractivity contribution in [1.29, 1.82) is 0 Å². The third-order valence-electron chi connectivity index (χ3n) is 3.61. The number of hydrogen-bond donors (Lipinski definition) is 2. The zero-order valence-electron chi connectivity index (χ0n) is 11.0. The zero-order chi connectivity index (χ0) is 15.6. The number of carboxylic acid groups (broad SMARTS) is 1. The van der Waals surface area contributed by atoms with Gasteiger partial charge in [0.2, 0.25) is 5.91 Å². The molecule has 1 aromatic rings. The van der Waals surface area contributed by atoms with E-state index in [0.29, 0.717) is 12.8 Å². The molecule has 1 amide bonds. The molecule has 1 aromatic carbocycles. The van der Waals surface area contributed by atoms with Crippen molar-refractivity contribution in [2.75, 3.05) is 5.32 Å². The van der Waals surface area contributed by atoms with Gasteiger partial charge >= 0.3 is 12.1 Å². The fourth-order valence-electron chi connectivity index (χ4n) is 2.46. The molecule has 0 heterocycles. The number of benzene rings is 1. The van der Waals surface area contributed by atoms with E-state index in [0.717, 1.165) is 12.1 Å². The molecule has 1 aliphatic carbocycles. The maximum atomic E-state index is 12.6. The first-order valence-corrected chi connectivity index (χ1v) is 6.48. The summed E-state index contributed by atoms with van der Waals surface area (Å²) in [7, 11) is 0. The van der Waals surface area contributed by atoms with Crippen LogP contribution in [0.4, 0.5) is 18.9 Å². The third kappa shape index (κ3) is 3.74. The summed E-state index contributed by atoms with van der Waals surface area (Å²) in [5, 5.41) is 11.3. The lowest BCUT2D eigenvalue weighted by atomic mass is 10.0. The molecule has 0 saturated heterocycles. The van der Waals surface area contributed by atoms with E-state index >= 15 is 0 Å². The number of carbonyl (C=O) groups is 2. The molecule has 2 rings (SSSR count). The average Bonchev–Trinajstić information content (AvgIpc) is 2.88. The number of amides is 1. The second-order valence-electron chi connectivity index (χ2n) is 5.11. The zero-order valence-corrected chi connectivity index (χ0v) is 11.0. The smallest absolute Gasteiger partial charge is 0.416 e. The van der Waals surface area contributed by atoms with E-state index in [9.17, 15) is 22.8 Å². The van der Waals surface area contributed by atoms with Gasteiger partial charge in [-0.2, -0.15) is 13.2 Å². The van der Waals surface area contributed by atoms with E-state index in [4.69, 9.17) is 5.11 Å². The van der Waals surface area contributed by atoms with Gasteiger partial charge in [-0.1, -0.05) is 6.07 Å². The minimum absolute atomic E-state index is 0.0635. The predicted molar refractivity (Wildman–Crippen MR) is 68.5 cm³/mol. The number of anilines is 1. The molecule has 0 spiro atoms. The van der Waals surface area contributed by atoms with Gasteiger partial charge in [0, 0.05) is 11.6 Å². The molecule has 114 valence electrons. The Morgan fingerprint density at radius 3 is 2.43 bits per heavy atom. The van der Waals surface area contributed by atoms with Crippen molar-refractivity contribution in [3.8, 4) is 0 Å². The van der Waals surface area contributed by atoms with Gasteiger partial charge in [0.15, 0.2) is 0 Å². The normalized spacial score (nSPS) is 22.0. The summed E-state index contributed by atoms with van der Waals surface area (Å²) < 4.78 is 37.7. The van der Waals surface area contributed by atoms with Gasteiger partial charge in [-0.15, -0.1) is 0 Å². The molecule has 4 nitrogen and oxygen atoms in total. The lowest BCUT2D eigenvalue weighted by molar-refractivity contribution is -0.141. The van der Waals surface area contributed by atoms with Crippen molar-refractivity contribution in [1.82, 2.24) is 0 Å². The first kappa shape index (κ1) is 15.3. The number of aliphatic carboxylic acids is 1. The molecule has 1 fully saturated rings. The molecule has 0 aliphatic heterocycles. The van der Waals surface area contributed by atoms with Gasteiger partial charge in [-0.25, -0.2) is 0 Å². The number of hydrogen-bond acceptors (Lipinski definition) is 2. The van der Waals surface area contributed by atoms with Crippen LogP contribution in [0.2, 0.25) is 0 Å². The van der Waals surface area contributed by atoms with Gasteiger partial charge in [-0.3, -0.25) is 9.59 Å². The van der Waals surface area contributed by atoms with E-state index < -0.39 is 35.5 Å². The number of nitrogens with one attached hydrogen (secondary N) is 1. The molecule has 1 saturated carbocycles. The van der Waals surface area contributed by atoms with Crippen LogP contribution in [0.25, 0.3) is 0 Å². The lowest BCUT2D eigenvalue weighted by Crippen LogP contribution is -2.22. The van der Waals surface area contributed by atoms with Crippen molar-refractivity contribution in [2.24, 2.45) is 11.8 Å². The quantitative estimate of drug-likeness (QED) is 0.901. The third-order valence-corrected chi connectivity index (χ3v) is 3.61. The van der Waals surface area contributed by atoms with Crippen molar-refractivity contribution in [3.05, 3.63) is 29.8 Å². The average molecular weight is 301 g/mol. The summed E-state index contributed by atoms with van der Waals surface area (Å²) in [5.41, 5.74) is -0.774. The topological polar surface area (TPSA) is 66.4 Å². The minimum atomic E-state index is -4.47. The van der Waals surface area contributed by atoms with Crippen molar-refractivity contribution in [3.63, 3.8) is 0 Å². The Bertz CT molecular complexity index is 557. The Morgan fingerprint density at radius 1 is 1.19 bits per heavy atom. The lowest BCUT2D eigenvalue weighted by Gasteiger charge is -2.12. The molecule has 0 aromatic heterocycles. The highest BCUT2D eigenvalue weighted by molar-refractivity contribution is 5.93. The van der Waals surface area contributed by atoms with Crippen molar-refractivity contribution < 1.29 is 27.9 Å². The Morgan fingerprint density at radius 2 is 1.86 bits per heavy atom. The van der Waals surface area contributed by atoms with Crippen LogP contribution >= 0.6 is 0 Å². The van der Waals surface area contributed by atoms with Crippen molar-refractivity contribution >= 4 is 17.6 Å². The molecule has 0 bridgehead atoms. The molecule has 1 aliphatic rings. The summed E-state index contributed by atoms with van der Waals surface area (Å²) >= 11 is 0. The summed E-state index contributed by atoms with van der Waals surface area (Å²) in [4.78, 5) is 22.8. The second kappa shape index (κ2) is 5.75.